The molecule has 2 aromatic carbocycles. The van der Waals surface area contributed by atoms with E-state index < -0.39 is 0 Å². The van der Waals surface area contributed by atoms with Crippen LogP contribution in [0.5, 0.6) is 0 Å². The van der Waals surface area contributed by atoms with E-state index in [4.69, 9.17) is 0 Å². The Morgan fingerprint density at radius 2 is 1.42 bits per heavy atom. The second-order valence-corrected chi connectivity index (χ2v) is 10.2. The van der Waals surface area contributed by atoms with Crippen LogP contribution in [0.2, 0.25) is 0 Å². The number of fused-ring (bicyclic) bond motifs is 1. The average Bonchev–Trinajstić information content (AvgIpc) is 3.58. The summed E-state index contributed by atoms with van der Waals surface area (Å²) in [7, 11) is 0. The average molecular weight is 475 g/mol. The fourth-order valence-corrected chi connectivity index (χ4v) is 5.89. The first-order chi connectivity index (χ1) is 16.3. The zero-order valence-corrected chi connectivity index (χ0v) is 20.3. The van der Waals surface area contributed by atoms with Gasteiger partial charge >= 0.3 is 0 Å². The molecule has 5 rings (SSSR count). The summed E-state index contributed by atoms with van der Waals surface area (Å²) in [4.78, 5) is 9.48. The molecule has 0 radical (unpaired) electrons. The van der Waals surface area contributed by atoms with Crippen molar-refractivity contribution in [2.24, 2.45) is 20.5 Å². The molecule has 0 spiro atoms. The lowest BCUT2D eigenvalue weighted by Gasteiger charge is -2.17. The molecule has 8 heteroatoms. The predicted octanol–water partition coefficient (Wildman–Crippen LogP) is 9.13. The molecular formula is C25H26N6S2. The molecule has 0 amide bonds. The summed E-state index contributed by atoms with van der Waals surface area (Å²) in [5, 5.41) is 18.0. The Labute approximate surface area is 201 Å². The Morgan fingerprint density at radius 3 is 2.03 bits per heavy atom. The van der Waals surface area contributed by atoms with E-state index in [9.17, 15) is 0 Å². The zero-order valence-electron chi connectivity index (χ0n) is 18.6. The standard InChI is InChI=1S/C25H26N6S2/c1-2-3-6-22-17-23-24(32-22)26-25(33-23)30-29-19-9-7-18(8-10-19)27-28-20-11-13-21(14-12-20)31-15-4-5-16-31/h7-14,17H,2-6,15-16H2,1H3. The van der Waals surface area contributed by atoms with Gasteiger partial charge in [-0.15, -0.1) is 21.6 Å². The van der Waals surface area contributed by atoms with E-state index in [0.717, 1.165) is 41.4 Å². The first-order valence-corrected chi connectivity index (χ1v) is 13.1. The topological polar surface area (TPSA) is 65.6 Å². The van der Waals surface area contributed by atoms with Crippen molar-refractivity contribution in [3.05, 3.63) is 59.5 Å². The highest BCUT2D eigenvalue weighted by atomic mass is 32.1. The smallest absolute Gasteiger partial charge is 0.231 e. The lowest BCUT2D eigenvalue weighted by atomic mass is 10.2. The Bertz CT molecular complexity index is 1220. The number of hydrogen-bond acceptors (Lipinski definition) is 8. The fourth-order valence-electron chi connectivity index (χ4n) is 3.80. The number of anilines is 1. The molecular weight excluding hydrogens is 448 g/mol. The van der Waals surface area contributed by atoms with Crippen molar-refractivity contribution in [2.75, 3.05) is 18.0 Å². The molecule has 4 aromatic rings. The number of thiazole rings is 1. The Kier molecular flexibility index (Phi) is 6.83. The van der Waals surface area contributed by atoms with Crippen molar-refractivity contribution >= 4 is 60.1 Å². The first-order valence-electron chi connectivity index (χ1n) is 11.4. The predicted molar refractivity (Wildman–Crippen MR) is 139 cm³/mol. The van der Waals surface area contributed by atoms with Crippen LogP contribution in [0.25, 0.3) is 9.53 Å². The van der Waals surface area contributed by atoms with Crippen LogP contribution in [0, 0.1) is 0 Å². The SMILES string of the molecule is CCCCc1cc2sc(N=Nc3ccc(N=Nc4ccc(N5CCCC5)cc4)cc3)nc2s1. The van der Waals surface area contributed by atoms with E-state index in [-0.39, 0.29) is 0 Å². The Morgan fingerprint density at radius 1 is 0.818 bits per heavy atom. The molecule has 1 fully saturated rings. The van der Waals surface area contributed by atoms with Gasteiger partial charge in [0.25, 0.3) is 0 Å². The number of azo groups is 2. The van der Waals surface area contributed by atoms with E-state index in [1.165, 1.54) is 40.9 Å². The molecule has 0 bridgehead atoms. The number of aromatic nitrogens is 1. The van der Waals surface area contributed by atoms with Crippen molar-refractivity contribution in [3.8, 4) is 0 Å². The zero-order chi connectivity index (χ0) is 22.5. The maximum Gasteiger partial charge on any atom is 0.231 e. The van der Waals surface area contributed by atoms with Gasteiger partial charge in [0.05, 0.1) is 21.8 Å². The molecule has 3 heterocycles. The minimum Gasteiger partial charge on any atom is -0.372 e. The van der Waals surface area contributed by atoms with Gasteiger partial charge in [-0.25, -0.2) is 4.98 Å². The second kappa shape index (κ2) is 10.3. The summed E-state index contributed by atoms with van der Waals surface area (Å²) in [6.07, 6.45) is 6.12. The molecule has 33 heavy (non-hydrogen) atoms. The van der Waals surface area contributed by atoms with E-state index in [2.05, 4.69) is 55.5 Å². The van der Waals surface area contributed by atoms with Gasteiger partial charge in [-0.05, 0) is 80.3 Å². The maximum atomic E-state index is 4.61. The summed E-state index contributed by atoms with van der Waals surface area (Å²) in [5.74, 6) is 0. The lowest BCUT2D eigenvalue weighted by Crippen LogP contribution is -2.17. The molecule has 1 aliphatic heterocycles. The number of nitrogens with zero attached hydrogens (tertiary/aromatic N) is 6. The van der Waals surface area contributed by atoms with Crippen LogP contribution < -0.4 is 4.90 Å². The third kappa shape index (κ3) is 5.51. The highest BCUT2D eigenvalue weighted by Crippen LogP contribution is 2.35. The normalized spacial score (nSPS) is 14.4. The summed E-state index contributed by atoms with van der Waals surface area (Å²) in [6, 6.07) is 18.1. The lowest BCUT2D eigenvalue weighted by molar-refractivity contribution is 0.804. The number of benzene rings is 2. The number of thiophene rings is 1. The van der Waals surface area contributed by atoms with Crippen LogP contribution in [0.3, 0.4) is 0 Å². The van der Waals surface area contributed by atoms with Crippen molar-refractivity contribution in [2.45, 2.75) is 39.0 Å². The molecule has 0 N–H and O–H groups in total. The van der Waals surface area contributed by atoms with E-state index >= 15 is 0 Å². The van der Waals surface area contributed by atoms with Gasteiger partial charge in [-0.2, -0.15) is 10.2 Å². The largest absolute Gasteiger partial charge is 0.372 e. The highest BCUT2D eigenvalue weighted by Gasteiger charge is 2.11. The van der Waals surface area contributed by atoms with Crippen molar-refractivity contribution in [1.29, 1.82) is 0 Å². The first kappa shape index (κ1) is 21.9. The third-order valence-electron chi connectivity index (χ3n) is 5.61. The highest BCUT2D eigenvalue weighted by molar-refractivity contribution is 7.28. The minimum absolute atomic E-state index is 0.694. The van der Waals surface area contributed by atoms with Crippen molar-refractivity contribution in [3.63, 3.8) is 0 Å². The van der Waals surface area contributed by atoms with Gasteiger partial charge in [0.1, 0.15) is 4.83 Å². The van der Waals surface area contributed by atoms with Crippen molar-refractivity contribution < 1.29 is 0 Å². The van der Waals surface area contributed by atoms with Crippen LogP contribution >= 0.6 is 22.7 Å². The van der Waals surface area contributed by atoms with Crippen LogP contribution in [0.15, 0.2) is 75.1 Å². The van der Waals surface area contributed by atoms with Crippen LogP contribution in [0.1, 0.15) is 37.5 Å². The summed E-state index contributed by atoms with van der Waals surface area (Å²) >= 11 is 3.36. The van der Waals surface area contributed by atoms with Gasteiger partial charge in [0.15, 0.2) is 0 Å². The molecule has 0 atom stereocenters. The third-order valence-corrected chi connectivity index (χ3v) is 7.71. The van der Waals surface area contributed by atoms with Crippen molar-refractivity contribution in [1.82, 2.24) is 4.98 Å². The fraction of sp³-hybridized carbons (Fsp3) is 0.320. The second-order valence-electron chi connectivity index (χ2n) is 8.11. The number of aryl methyl sites for hydroxylation is 1. The van der Waals surface area contributed by atoms with Crippen LogP contribution in [0.4, 0.5) is 27.9 Å². The van der Waals surface area contributed by atoms with Crippen LogP contribution in [-0.4, -0.2) is 18.1 Å². The minimum atomic E-state index is 0.694. The molecule has 0 aliphatic carbocycles. The Balaban J connectivity index is 1.19. The molecule has 2 aromatic heterocycles. The molecule has 168 valence electrons. The number of unbranched alkanes of at least 4 members (excludes halogenated alkanes) is 1. The van der Waals surface area contributed by atoms with E-state index in [1.807, 2.05) is 36.4 Å². The van der Waals surface area contributed by atoms with E-state index in [0.29, 0.717) is 5.13 Å². The molecule has 1 saturated heterocycles. The van der Waals surface area contributed by atoms with Gasteiger partial charge in [0.2, 0.25) is 5.13 Å². The van der Waals surface area contributed by atoms with Gasteiger partial charge in [-0.3, -0.25) is 0 Å². The maximum absolute atomic E-state index is 4.61. The Hall–Kier alpha value is -2.97. The van der Waals surface area contributed by atoms with Gasteiger partial charge < -0.3 is 4.90 Å². The summed E-state index contributed by atoms with van der Waals surface area (Å²) in [5.41, 5.74) is 3.67. The monoisotopic (exact) mass is 474 g/mol. The van der Waals surface area contributed by atoms with E-state index in [1.54, 1.807) is 22.7 Å². The number of rotatable bonds is 8. The molecule has 1 aliphatic rings. The summed E-state index contributed by atoms with van der Waals surface area (Å²) in [6.45, 7) is 4.51. The molecule has 6 nitrogen and oxygen atoms in total. The summed E-state index contributed by atoms with van der Waals surface area (Å²) < 4.78 is 1.20. The van der Waals surface area contributed by atoms with Gasteiger partial charge in [0, 0.05) is 23.7 Å². The quantitative estimate of drug-likeness (QED) is 0.239. The number of hydrogen-bond donors (Lipinski definition) is 0. The van der Waals surface area contributed by atoms with Crippen LogP contribution in [-0.2, 0) is 6.42 Å². The molecule has 0 unspecified atom stereocenters. The molecule has 0 saturated carbocycles. The van der Waals surface area contributed by atoms with Gasteiger partial charge in [-0.1, -0.05) is 24.7 Å².